The smallest absolute Gasteiger partial charge is 0.257 e. The van der Waals surface area contributed by atoms with E-state index in [1.165, 1.54) is 0 Å². The first-order valence-corrected chi connectivity index (χ1v) is 6.75. The third kappa shape index (κ3) is 2.31. The molecule has 0 amide bonds. The van der Waals surface area contributed by atoms with Gasteiger partial charge in [-0.25, -0.2) is 4.98 Å². The molecule has 3 aromatic rings. The van der Waals surface area contributed by atoms with E-state index in [-0.39, 0.29) is 12.4 Å². The molecule has 1 unspecified atom stereocenters. The van der Waals surface area contributed by atoms with E-state index in [1.807, 2.05) is 30.3 Å². The van der Waals surface area contributed by atoms with E-state index in [1.54, 1.807) is 0 Å². The van der Waals surface area contributed by atoms with Crippen LogP contribution >= 0.6 is 15.9 Å². The van der Waals surface area contributed by atoms with Crippen LogP contribution in [0.1, 0.15) is 12.0 Å². The first-order valence-electron chi connectivity index (χ1n) is 5.96. The van der Waals surface area contributed by atoms with Crippen LogP contribution in [0, 0.1) is 0 Å². The topological polar surface area (TPSA) is 98.1 Å². The molecule has 0 bridgehead atoms. The Labute approximate surface area is 122 Å². The first-order chi connectivity index (χ1) is 9.69. The Hall–Kier alpha value is -1.83. The summed E-state index contributed by atoms with van der Waals surface area (Å²) in [4.78, 5) is 8.62. The second-order valence-corrected chi connectivity index (χ2v) is 5.07. The lowest BCUT2D eigenvalue weighted by molar-refractivity contribution is 0.141. The predicted octanol–water partition coefficient (Wildman–Crippen LogP) is 2.04. The van der Waals surface area contributed by atoms with Crippen molar-refractivity contribution < 1.29 is 9.63 Å². The molecule has 0 aliphatic heterocycles. The highest BCUT2D eigenvalue weighted by Crippen LogP contribution is 2.28. The minimum absolute atomic E-state index is 0.0218. The van der Waals surface area contributed by atoms with Crippen LogP contribution in [0.15, 0.2) is 39.3 Å². The average molecular weight is 335 g/mol. The number of benzene rings is 1. The van der Waals surface area contributed by atoms with E-state index in [4.69, 9.17) is 10.3 Å². The second-order valence-electron chi connectivity index (χ2n) is 4.22. The highest BCUT2D eigenvalue weighted by atomic mass is 79.9. The van der Waals surface area contributed by atoms with Crippen LogP contribution in [-0.2, 0) is 0 Å². The Morgan fingerprint density at radius 2 is 2.10 bits per heavy atom. The molecule has 0 spiro atoms. The second kappa shape index (κ2) is 5.28. The maximum atomic E-state index is 9.58. The van der Waals surface area contributed by atoms with Crippen molar-refractivity contribution in [1.82, 2.24) is 15.1 Å². The van der Waals surface area contributed by atoms with Crippen molar-refractivity contribution in [3.05, 3.63) is 40.7 Å². The van der Waals surface area contributed by atoms with Gasteiger partial charge in [-0.3, -0.25) is 0 Å². The highest BCUT2D eigenvalue weighted by Gasteiger charge is 2.18. The summed E-state index contributed by atoms with van der Waals surface area (Å²) in [6.07, 6.45) is -0.963. The van der Waals surface area contributed by atoms with E-state index >= 15 is 0 Å². The fourth-order valence-corrected chi connectivity index (χ4v) is 2.33. The quantitative estimate of drug-likeness (QED) is 0.760. The van der Waals surface area contributed by atoms with Gasteiger partial charge in [0, 0.05) is 16.4 Å². The summed E-state index contributed by atoms with van der Waals surface area (Å²) < 4.78 is 5.74. The molecule has 0 aliphatic rings. The maximum Gasteiger partial charge on any atom is 0.257 e. The van der Waals surface area contributed by atoms with Gasteiger partial charge in [-0.2, -0.15) is 4.98 Å². The minimum Gasteiger partial charge on any atom is -0.382 e. The number of nitrogens with zero attached hydrogens (tertiary/aromatic N) is 3. The van der Waals surface area contributed by atoms with Gasteiger partial charge >= 0.3 is 0 Å². The fraction of sp³-hybridized carbons (Fsp3) is 0.154. The summed E-state index contributed by atoms with van der Waals surface area (Å²) in [5.74, 6) is 0.398. The SMILES string of the molecule is NCC(O)c1nc(-c2nc3ccccc3cc2Br)no1. The van der Waals surface area contributed by atoms with Gasteiger partial charge in [0.2, 0.25) is 5.82 Å². The number of rotatable bonds is 3. The molecule has 6 nitrogen and oxygen atoms in total. The molecule has 7 heteroatoms. The number of hydrogen-bond acceptors (Lipinski definition) is 6. The zero-order valence-electron chi connectivity index (χ0n) is 10.3. The molecule has 0 saturated carbocycles. The number of aliphatic hydroxyl groups is 1. The van der Waals surface area contributed by atoms with E-state index in [2.05, 4.69) is 31.1 Å². The molecule has 20 heavy (non-hydrogen) atoms. The Bertz CT molecular complexity index is 759. The Morgan fingerprint density at radius 1 is 1.30 bits per heavy atom. The molecular weight excluding hydrogens is 324 g/mol. The number of aliphatic hydroxyl groups excluding tert-OH is 1. The number of pyridine rings is 1. The molecule has 102 valence electrons. The van der Waals surface area contributed by atoms with Crippen molar-refractivity contribution in [2.75, 3.05) is 6.54 Å². The fourth-order valence-electron chi connectivity index (χ4n) is 1.81. The Kier molecular flexibility index (Phi) is 3.47. The van der Waals surface area contributed by atoms with Crippen LogP contribution in [0.25, 0.3) is 22.4 Å². The van der Waals surface area contributed by atoms with Crippen LogP contribution in [0.2, 0.25) is 0 Å². The van der Waals surface area contributed by atoms with Crippen molar-refractivity contribution in [2.24, 2.45) is 5.73 Å². The maximum absolute atomic E-state index is 9.58. The molecule has 0 radical (unpaired) electrons. The average Bonchev–Trinajstić information content (AvgIpc) is 2.95. The van der Waals surface area contributed by atoms with Gasteiger partial charge in [-0.1, -0.05) is 23.4 Å². The lowest BCUT2D eigenvalue weighted by atomic mass is 10.2. The van der Waals surface area contributed by atoms with Gasteiger partial charge in [0.1, 0.15) is 11.8 Å². The summed E-state index contributed by atoms with van der Waals surface area (Å²) in [6, 6.07) is 9.66. The monoisotopic (exact) mass is 334 g/mol. The predicted molar refractivity (Wildman–Crippen MR) is 76.7 cm³/mol. The molecular formula is C13H11BrN4O2. The Balaban J connectivity index is 2.09. The third-order valence-electron chi connectivity index (χ3n) is 2.84. The zero-order chi connectivity index (χ0) is 14.1. The zero-order valence-corrected chi connectivity index (χ0v) is 11.9. The standard InChI is InChI=1S/C13H11BrN4O2/c14-8-5-7-3-1-2-4-9(7)16-11(8)12-17-13(20-18-12)10(19)6-15/h1-5,10,19H,6,15H2. The summed E-state index contributed by atoms with van der Waals surface area (Å²) in [6.45, 7) is 0.0218. The lowest BCUT2D eigenvalue weighted by Crippen LogP contribution is -2.11. The van der Waals surface area contributed by atoms with Gasteiger partial charge in [0.05, 0.1) is 5.52 Å². The van der Waals surface area contributed by atoms with E-state index in [9.17, 15) is 5.11 Å². The van der Waals surface area contributed by atoms with Gasteiger partial charge in [0.15, 0.2) is 0 Å². The van der Waals surface area contributed by atoms with Gasteiger partial charge in [0.25, 0.3) is 5.89 Å². The van der Waals surface area contributed by atoms with Gasteiger partial charge < -0.3 is 15.4 Å². The third-order valence-corrected chi connectivity index (χ3v) is 3.44. The van der Waals surface area contributed by atoms with Gasteiger partial charge in [-0.15, -0.1) is 0 Å². The van der Waals surface area contributed by atoms with Crippen molar-refractivity contribution in [3.8, 4) is 11.5 Å². The highest BCUT2D eigenvalue weighted by molar-refractivity contribution is 9.10. The molecule has 0 fully saturated rings. The molecule has 3 N–H and O–H groups in total. The summed E-state index contributed by atoms with van der Waals surface area (Å²) in [5.41, 5.74) is 6.74. The van der Waals surface area contributed by atoms with E-state index in [0.717, 1.165) is 15.4 Å². The number of fused-ring (bicyclic) bond motifs is 1. The van der Waals surface area contributed by atoms with Crippen molar-refractivity contribution in [2.45, 2.75) is 6.10 Å². The summed E-state index contributed by atoms with van der Waals surface area (Å²) in [5, 5.41) is 14.4. The molecule has 2 aromatic heterocycles. The van der Waals surface area contributed by atoms with Crippen molar-refractivity contribution in [1.29, 1.82) is 0 Å². The number of hydrogen-bond donors (Lipinski definition) is 2. The van der Waals surface area contributed by atoms with E-state index in [0.29, 0.717) is 11.5 Å². The molecule has 1 aromatic carbocycles. The molecule has 0 aliphatic carbocycles. The van der Waals surface area contributed by atoms with Gasteiger partial charge in [-0.05, 0) is 28.1 Å². The summed E-state index contributed by atoms with van der Waals surface area (Å²) in [7, 11) is 0. The van der Waals surface area contributed by atoms with Crippen LogP contribution in [0.5, 0.6) is 0 Å². The Morgan fingerprint density at radius 3 is 2.90 bits per heavy atom. The number of para-hydroxylation sites is 1. The first kappa shape index (κ1) is 13.2. The molecule has 1 atom stereocenters. The molecule has 3 rings (SSSR count). The van der Waals surface area contributed by atoms with Crippen LogP contribution in [-0.4, -0.2) is 26.8 Å². The largest absolute Gasteiger partial charge is 0.382 e. The number of aromatic nitrogens is 3. The minimum atomic E-state index is -0.963. The van der Waals surface area contributed by atoms with Crippen molar-refractivity contribution >= 4 is 26.8 Å². The molecule has 0 saturated heterocycles. The lowest BCUT2D eigenvalue weighted by Gasteiger charge is -2.02. The number of nitrogens with two attached hydrogens (primary N) is 1. The number of halogens is 1. The normalized spacial score (nSPS) is 12.8. The van der Waals surface area contributed by atoms with E-state index < -0.39 is 6.10 Å². The van der Waals surface area contributed by atoms with Crippen LogP contribution < -0.4 is 5.73 Å². The van der Waals surface area contributed by atoms with Crippen LogP contribution in [0.3, 0.4) is 0 Å². The van der Waals surface area contributed by atoms with Crippen LogP contribution in [0.4, 0.5) is 0 Å². The molecule has 2 heterocycles. The van der Waals surface area contributed by atoms with Crippen molar-refractivity contribution in [3.63, 3.8) is 0 Å². The summed E-state index contributed by atoms with van der Waals surface area (Å²) >= 11 is 3.45.